The molecule has 3 aromatic rings. The smallest absolute Gasteiger partial charge is 0.305 e. The molecule has 4 N–H and O–H groups in total. The zero-order chi connectivity index (χ0) is 21.3. The summed E-state index contributed by atoms with van der Waals surface area (Å²) < 4.78 is 0.613. The van der Waals surface area contributed by atoms with Gasteiger partial charge in [0.1, 0.15) is 11.3 Å². The molecule has 2 aromatic carbocycles. The lowest BCUT2D eigenvalue weighted by Crippen LogP contribution is -2.23. The first-order valence-corrected chi connectivity index (χ1v) is 12.5. The van der Waals surface area contributed by atoms with E-state index in [4.69, 9.17) is 11.6 Å². The molecule has 0 aliphatic heterocycles. The summed E-state index contributed by atoms with van der Waals surface area (Å²) in [4.78, 5) is 13.9. The minimum Gasteiger partial charge on any atom is -0.506 e. The first kappa shape index (κ1) is 23.2. The Labute approximate surface area is 189 Å². The number of thiazole rings is 1. The Hall–Kier alpha value is -1.51. The molecular weight excluding hydrogens is 440 g/mol. The molecule has 8 heteroatoms. The molecule has 0 aliphatic carbocycles. The maximum absolute atomic E-state index is 11.6. The van der Waals surface area contributed by atoms with Crippen molar-refractivity contribution < 1.29 is 10.2 Å². The fraction of sp³-hybridized carbons (Fsp3) is 0.409. The lowest BCUT2D eigenvalue weighted by molar-refractivity contribution is 0.176. The van der Waals surface area contributed by atoms with Crippen LogP contribution in [0.5, 0.6) is 5.75 Å². The molecule has 0 saturated heterocycles. The van der Waals surface area contributed by atoms with Crippen LogP contribution < -0.4 is 10.2 Å². The van der Waals surface area contributed by atoms with E-state index in [1.165, 1.54) is 18.1 Å². The number of hydrogen-bond donors (Lipinski definition) is 4. The molecule has 0 spiro atoms. The molecule has 1 heterocycles. The Kier molecular flexibility index (Phi) is 9.08. The van der Waals surface area contributed by atoms with Crippen LogP contribution in [0, 0.1) is 0 Å². The van der Waals surface area contributed by atoms with Crippen LogP contribution >= 0.6 is 34.7 Å². The molecular formula is C22H27ClN2O3S2. The second-order valence-electron chi connectivity index (χ2n) is 7.13. The van der Waals surface area contributed by atoms with Crippen LogP contribution in [0.25, 0.3) is 10.2 Å². The largest absolute Gasteiger partial charge is 0.506 e. The van der Waals surface area contributed by atoms with Gasteiger partial charge in [0.05, 0.1) is 10.8 Å². The number of aliphatic hydroxyl groups excluding tert-OH is 1. The highest BCUT2D eigenvalue weighted by Crippen LogP contribution is 2.31. The number of halogens is 1. The average molecular weight is 467 g/mol. The van der Waals surface area contributed by atoms with Crippen molar-refractivity contribution in [2.75, 3.05) is 24.6 Å². The van der Waals surface area contributed by atoms with Crippen molar-refractivity contribution >= 4 is 44.9 Å². The third-order valence-electron chi connectivity index (χ3n) is 4.87. The number of aryl methyl sites for hydroxylation is 1. The van der Waals surface area contributed by atoms with Crippen LogP contribution in [0.1, 0.15) is 36.5 Å². The van der Waals surface area contributed by atoms with Gasteiger partial charge in [0, 0.05) is 17.1 Å². The topological polar surface area (TPSA) is 85.4 Å². The van der Waals surface area contributed by atoms with Gasteiger partial charge in [-0.15, -0.1) is 0 Å². The second-order valence-corrected chi connectivity index (χ2v) is 9.74. The summed E-state index contributed by atoms with van der Waals surface area (Å²) in [5.74, 6) is 2.25. The summed E-state index contributed by atoms with van der Waals surface area (Å²) in [5, 5.41) is 24.4. The number of fused-ring (bicyclic) bond motifs is 1. The Morgan fingerprint density at radius 3 is 2.77 bits per heavy atom. The second kappa shape index (κ2) is 11.8. The fourth-order valence-corrected chi connectivity index (χ4v) is 5.38. The van der Waals surface area contributed by atoms with Gasteiger partial charge in [-0.1, -0.05) is 47.2 Å². The molecule has 30 heavy (non-hydrogen) atoms. The number of phenols is 1. The van der Waals surface area contributed by atoms with Crippen molar-refractivity contribution in [3.05, 3.63) is 62.2 Å². The maximum atomic E-state index is 11.6. The number of H-pyrrole nitrogens is 1. The van der Waals surface area contributed by atoms with Crippen molar-refractivity contribution in [3.8, 4) is 5.75 Å². The number of aromatic amines is 1. The van der Waals surface area contributed by atoms with E-state index in [1.807, 2.05) is 30.0 Å². The number of aromatic hydroxyl groups is 1. The highest BCUT2D eigenvalue weighted by molar-refractivity contribution is 7.99. The average Bonchev–Trinajstić information content (AvgIpc) is 3.13. The van der Waals surface area contributed by atoms with Gasteiger partial charge in [-0.2, -0.15) is 11.8 Å². The van der Waals surface area contributed by atoms with Crippen LogP contribution in [-0.4, -0.2) is 39.8 Å². The zero-order valence-electron chi connectivity index (χ0n) is 16.7. The molecule has 0 amide bonds. The molecule has 0 radical (unpaired) electrons. The normalized spacial score (nSPS) is 12.5. The van der Waals surface area contributed by atoms with Gasteiger partial charge in [-0.3, -0.25) is 4.79 Å². The number of aliphatic hydroxyl groups is 1. The molecule has 0 saturated carbocycles. The number of phenolic OH excluding ortho intramolecular Hbond substituents is 1. The van der Waals surface area contributed by atoms with Crippen LogP contribution in [0.2, 0.25) is 5.02 Å². The highest BCUT2D eigenvalue weighted by atomic mass is 35.5. The third-order valence-corrected chi connectivity index (χ3v) is 7.32. The summed E-state index contributed by atoms with van der Waals surface area (Å²) in [7, 11) is 0. The van der Waals surface area contributed by atoms with Crippen molar-refractivity contribution in [2.45, 2.75) is 31.8 Å². The summed E-state index contributed by atoms with van der Waals surface area (Å²) >= 11 is 9.14. The Morgan fingerprint density at radius 2 is 1.93 bits per heavy atom. The molecule has 1 aromatic heterocycles. The Morgan fingerprint density at radius 1 is 1.13 bits per heavy atom. The first-order valence-electron chi connectivity index (χ1n) is 10.1. The lowest BCUT2D eigenvalue weighted by Gasteiger charge is -2.13. The Bertz CT molecular complexity index is 1010. The molecule has 1 atom stereocenters. The number of hydrogen-bond acceptors (Lipinski definition) is 6. The minimum absolute atomic E-state index is 0.0242. The summed E-state index contributed by atoms with van der Waals surface area (Å²) in [5.41, 5.74) is 2.28. The van der Waals surface area contributed by atoms with E-state index in [0.717, 1.165) is 53.7 Å². The number of unbranched alkanes of at least 4 members (excludes halogenated alkanes) is 1. The minimum atomic E-state index is -0.725. The van der Waals surface area contributed by atoms with E-state index in [0.29, 0.717) is 22.3 Å². The number of rotatable bonds is 12. The van der Waals surface area contributed by atoms with E-state index >= 15 is 0 Å². The first-order chi connectivity index (χ1) is 14.6. The molecule has 0 unspecified atom stereocenters. The van der Waals surface area contributed by atoms with Gasteiger partial charge in [-0.05, 0) is 61.4 Å². The van der Waals surface area contributed by atoms with E-state index < -0.39 is 6.10 Å². The highest BCUT2D eigenvalue weighted by Gasteiger charge is 2.15. The molecule has 3 rings (SSSR count). The number of aromatic nitrogens is 1. The van der Waals surface area contributed by atoms with Crippen molar-refractivity contribution in [1.29, 1.82) is 0 Å². The lowest BCUT2D eigenvalue weighted by atomic mass is 10.1. The maximum Gasteiger partial charge on any atom is 0.305 e. The van der Waals surface area contributed by atoms with Crippen molar-refractivity contribution in [2.24, 2.45) is 0 Å². The van der Waals surface area contributed by atoms with Gasteiger partial charge >= 0.3 is 4.87 Å². The van der Waals surface area contributed by atoms with E-state index in [1.54, 1.807) is 6.07 Å². The predicted octanol–water partition coefficient (Wildman–Crippen LogP) is 4.72. The monoisotopic (exact) mass is 466 g/mol. The number of benzene rings is 2. The van der Waals surface area contributed by atoms with E-state index in [-0.39, 0.29) is 10.6 Å². The fourth-order valence-electron chi connectivity index (χ4n) is 3.27. The molecule has 5 nitrogen and oxygen atoms in total. The summed E-state index contributed by atoms with van der Waals surface area (Å²) in [6.07, 6.45) is 3.66. The molecule has 162 valence electrons. The van der Waals surface area contributed by atoms with Crippen molar-refractivity contribution in [1.82, 2.24) is 10.3 Å². The summed E-state index contributed by atoms with van der Waals surface area (Å²) in [6.45, 7) is 1.24. The quantitative estimate of drug-likeness (QED) is 0.290. The van der Waals surface area contributed by atoms with Gasteiger partial charge in [0.15, 0.2) is 0 Å². The van der Waals surface area contributed by atoms with Gasteiger partial charge in [-0.25, -0.2) is 0 Å². The van der Waals surface area contributed by atoms with Crippen LogP contribution in [0.15, 0.2) is 41.2 Å². The van der Waals surface area contributed by atoms with Gasteiger partial charge < -0.3 is 20.5 Å². The SMILES string of the molecule is O=c1[nH]c2c(O)ccc([C@@H](O)CNCCCSCCCCc3ccccc3Cl)c2s1. The number of thioether (sulfide) groups is 1. The third kappa shape index (κ3) is 6.49. The van der Waals surface area contributed by atoms with Crippen LogP contribution in [0.3, 0.4) is 0 Å². The predicted molar refractivity (Wildman–Crippen MR) is 128 cm³/mol. The Balaban J connectivity index is 1.27. The van der Waals surface area contributed by atoms with Crippen molar-refractivity contribution in [3.63, 3.8) is 0 Å². The molecule has 0 bridgehead atoms. The summed E-state index contributed by atoms with van der Waals surface area (Å²) in [6, 6.07) is 11.2. The molecule has 0 fully saturated rings. The van der Waals surface area contributed by atoms with Crippen LogP contribution in [0.4, 0.5) is 0 Å². The van der Waals surface area contributed by atoms with Gasteiger partial charge in [0.2, 0.25) is 0 Å². The van der Waals surface area contributed by atoms with Gasteiger partial charge in [0.25, 0.3) is 0 Å². The number of nitrogens with one attached hydrogen (secondary N) is 2. The molecule has 0 aliphatic rings. The van der Waals surface area contributed by atoms with E-state index in [9.17, 15) is 15.0 Å². The standard InChI is InChI=1S/C22H27ClN2O3S2/c23-17-8-2-1-6-15(17)7-3-4-12-29-13-5-11-24-14-19(27)16-9-10-18(26)20-21(16)30-22(28)25-20/h1-2,6,8-10,19,24,26-27H,3-5,7,11-14H2,(H,25,28)/t19-/m0/s1. The zero-order valence-corrected chi connectivity index (χ0v) is 19.1. The van der Waals surface area contributed by atoms with Crippen LogP contribution in [-0.2, 0) is 6.42 Å². The van der Waals surface area contributed by atoms with E-state index in [2.05, 4.69) is 16.4 Å².